The van der Waals surface area contributed by atoms with Crippen molar-refractivity contribution in [1.82, 2.24) is 19.6 Å². The molecular weight excluding hydrogens is 386 g/mol. The van der Waals surface area contributed by atoms with E-state index in [1.807, 2.05) is 46.8 Å². The first-order chi connectivity index (χ1) is 14.6. The highest BCUT2D eigenvalue weighted by atomic mass is 19.1. The number of piperazine rings is 1. The number of anilines is 1. The van der Waals surface area contributed by atoms with Crippen LogP contribution in [0.25, 0.3) is 5.65 Å². The zero-order valence-electron chi connectivity index (χ0n) is 17.1. The molecule has 1 aliphatic rings. The predicted molar refractivity (Wildman–Crippen MR) is 115 cm³/mol. The Kier molecular flexibility index (Phi) is 6.11. The van der Waals surface area contributed by atoms with Gasteiger partial charge >= 0.3 is 0 Å². The molecule has 0 radical (unpaired) electrons. The van der Waals surface area contributed by atoms with Crippen LogP contribution in [0.5, 0.6) is 0 Å². The molecule has 0 unspecified atom stereocenters. The third-order valence-electron chi connectivity index (χ3n) is 5.21. The van der Waals surface area contributed by atoms with E-state index in [1.54, 1.807) is 0 Å². The number of aromatic nitrogens is 2. The third-order valence-corrected chi connectivity index (χ3v) is 5.21. The summed E-state index contributed by atoms with van der Waals surface area (Å²) in [5.74, 6) is 0.0363. The molecule has 0 saturated carbocycles. The largest absolute Gasteiger partial charge is 0.366 e. The Morgan fingerprint density at radius 3 is 2.73 bits per heavy atom. The second kappa shape index (κ2) is 9.11. The van der Waals surface area contributed by atoms with Crippen molar-refractivity contribution in [3.8, 4) is 0 Å². The van der Waals surface area contributed by atoms with Crippen molar-refractivity contribution >= 4 is 17.3 Å². The molecule has 1 aromatic carbocycles. The summed E-state index contributed by atoms with van der Waals surface area (Å²) in [6.45, 7) is 6.04. The fraction of sp³-hybridized carbons (Fsp3) is 0.364. The Hall–Kier alpha value is -3.16. The van der Waals surface area contributed by atoms with Gasteiger partial charge in [0.15, 0.2) is 5.96 Å². The second-order valence-corrected chi connectivity index (χ2v) is 7.25. The Bertz CT molecular complexity index is 990. The molecule has 3 heterocycles. The smallest absolute Gasteiger partial charge is 0.194 e. The maximum absolute atomic E-state index is 14.1. The Morgan fingerprint density at radius 2 is 1.97 bits per heavy atom. The normalized spacial score (nSPS) is 15.1. The van der Waals surface area contributed by atoms with Crippen LogP contribution in [0.3, 0.4) is 0 Å². The van der Waals surface area contributed by atoms with Crippen LogP contribution in [0, 0.1) is 11.6 Å². The van der Waals surface area contributed by atoms with E-state index in [0.29, 0.717) is 38.4 Å². The first kappa shape index (κ1) is 20.1. The van der Waals surface area contributed by atoms with Crippen LogP contribution < -0.4 is 10.2 Å². The van der Waals surface area contributed by atoms with E-state index in [2.05, 4.69) is 15.2 Å². The van der Waals surface area contributed by atoms with Crippen LogP contribution in [0.4, 0.5) is 14.5 Å². The summed E-state index contributed by atoms with van der Waals surface area (Å²) in [5, 5.41) is 3.34. The van der Waals surface area contributed by atoms with Gasteiger partial charge in [0.1, 0.15) is 17.3 Å². The number of hydrogen-bond acceptors (Lipinski definition) is 3. The van der Waals surface area contributed by atoms with E-state index in [9.17, 15) is 8.78 Å². The summed E-state index contributed by atoms with van der Waals surface area (Å²) in [6.07, 6.45) is 4.77. The minimum Gasteiger partial charge on any atom is -0.366 e. The van der Waals surface area contributed by atoms with Gasteiger partial charge < -0.3 is 19.5 Å². The zero-order chi connectivity index (χ0) is 20.9. The van der Waals surface area contributed by atoms with E-state index in [-0.39, 0.29) is 0 Å². The van der Waals surface area contributed by atoms with Crippen LogP contribution in [-0.2, 0) is 6.42 Å². The highest BCUT2D eigenvalue weighted by Gasteiger charge is 2.22. The predicted octanol–water partition coefficient (Wildman–Crippen LogP) is 2.94. The molecule has 0 amide bonds. The first-order valence-electron chi connectivity index (χ1n) is 10.3. The fourth-order valence-electron chi connectivity index (χ4n) is 3.70. The molecular formula is C22H26F2N6. The number of halogens is 2. The molecule has 30 heavy (non-hydrogen) atoms. The number of benzene rings is 1. The summed E-state index contributed by atoms with van der Waals surface area (Å²) < 4.78 is 29.6. The lowest BCUT2D eigenvalue weighted by molar-refractivity contribution is 0.370. The van der Waals surface area contributed by atoms with Gasteiger partial charge in [0.25, 0.3) is 0 Å². The van der Waals surface area contributed by atoms with Crippen molar-refractivity contribution in [3.05, 3.63) is 66.1 Å². The van der Waals surface area contributed by atoms with Crippen molar-refractivity contribution < 1.29 is 8.78 Å². The lowest BCUT2D eigenvalue weighted by Gasteiger charge is -2.37. The van der Waals surface area contributed by atoms with Crippen LogP contribution in [0.1, 0.15) is 12.6 Å². The Morgan fingerprint density at radius 1 is 1.13 bits per heavy atom. The topological polar surface area (TPSA) is 48.2 Å². The highest BCUT2D eigenvalue weighted by Crippen LogP contribution is 2.22. The molecule has 8 heteroatoms. The molecule has 2 aromatic heterocycles. The monoisotopic (exact) mass is 412 g/mol. The van der Waals surface area contributed by atoms with Gasteiger partial charge in [-0.3, -0.25) is 4.99 Å². The van der Waals surface area contributed by atoms with Crippen LogP contribution >= 0.6 is 0 Å². The summed E-state index contributed by atoms with van der Waals surface area (Å²) in [4.78, 5) is 13.4. The van der Waals surface area contributed by atoms with E-state index in [1.165, 1.54) is 12.1 Å². The molecule has 3 aromatic rings. The quantitative estimate of drug-likeness (QED) is 0.517. The van der Waals surface area contributed by atoms with Gasteiger partial charge in [-0.05, 0) is 31.2 Å². The van der Waals surface area contributed by atoms with E-state index < -0.39 is 11.6 Å². The van der Waals surface area contributed by atoms with Gasteiger partial charge in [-0.2, -0.15) is 0 Å². The first-order valence-corrected chi connectivity index (χ1v) is 10.3. The molecule has 1 fully saturated rings. The molecule has 6 nitrogen and oxygen atoms in total. The number of guanidine groups is 1. The maximum atomic E-state index is 14.1. The van der Waals surface area contributed by atoms with Crippen LogP contribution in [-0.4, -0.2) is 59.5 Å². The van der Waals surface area contributed by atoms with Crippen LogP contribution in [0.15, 0.2) is 53.8 Å². The van der Waals surface area contributed by atoms with E-state index in [4.69, 9.17) is 4.99 Å². The number of imidazole rings is 1. The molecule has 0 atom stereocenters. The van der Waals surface area contributed by atoms with Gasteiger partial charge in [-0.15, -0.1) is 0 Å². The van der Waals surface area contributed by atoms with Crippen molar-refractivity contribution in [2.75, 3.05) is 44.2 Å². The molecule has 1 N–H and O–H groups in total. The van der Waals surface area contributed by atoms with E-state index >= 15 is 0 Å². The lowest BCUT2D eigenvalue weighted by atomic mass is 10.2. The fourth-order valence-corrected chi connectivity index (χ4v) is 3.70. The lowest BCUT2D eigenvalue weighted by Crippen LogP contribution is -2.52. The molecule has 0 bridgehead atoms. The SMILES string of the molecule is CCNC(=NCCc1cn2ccccc2n1)N1CCN(c2cc(F)ccc2F)CC1. The number of pyridine rings is 1. The Labute approximate surface area is 174 Å². The average Bonchev–Trinajstić information content (AvgIpc) is 3.18. The van der Waals surface area contributed by atoms with Gasteiger partial charge in [-0.1, -0.05) is 6.07 Å². The second-order valence-electron chi connectivity index (χ2n) is 7.25. The number of nitrogens with one attached hydrogen (secondary N) is 1. The van der Waals surface area contributed by atoms with E-state index in [0.717, 1.165) is 36.3 Å². The molecule has 0 spiro atoms. The minimum atomic E-state index is -0.421. The van der Waals surface area contributed by atoms with Crippen molar-refractivity contribution in [2.24, 2.45) is 4.99 Å². The zero-order valence-corrected chi connectivity index (χ0v) is 17.1. The summed E-state index contributed by atoms with van der Waals surface area (Å²) >= 11 is 0. The molecule has 1 saturated heterocycles. The number of nitrogens with zero attached hydrogens (tertiary/aromatic N) is 5. The van der Waals surface area contributed by atoms with Gasteiger partial charge in [0.2, 0.25) is 0 Å². The van der Waals surface area contributed by atoms with Crippen molar-refractivity contribution in [3.63, 3.8) is 0 Å². The summed E-state index contributed by atoms with van der Waals surface area (Å²) in [7, 11) is 0. The number of fused-ring (bicyclic) bond motifs is 1. The molecule has 4 rings (SSSR count). The summed E-state index contributed by atoms with van der Waals surface area (Å²) in [5.41, 5.74) is 2.26. The van der Waals surface area contributed by atoms with Crippen LogP contribution in [0.2, 0.25) is 0 Å². The Balaban J connectivity index is 1.37. The van der Waals surface area contributed by atoms with Gasteiger partial charge in [0.05, 0.1) is 11.4 Å². The molecule has 0 aliphatic carbocycles. The minimum absolute atomic E-state index is 0.323. The average molecular weight is 412 g/mol. The molecule has 1 aliphatic heterocycles. The van der Waals surface area contributed by atoms with Gasteiger partial charge in [0, 0.05) is 64.1 Å². The van der Waals surface area contributed by atoms with Crippen molar-refractivity contribution in [2.45, 2.75) is 13.3 Å². The number of rotatable bonds is 5. The highest BCUT2D eigenvalue weighted by molar-refractivity contribution is 5.80. The van der Waals surface area contributed by atoms with Crippen molar-refractivity contribution in [1.29, 1.82) is 0 Å². The number of aliphatic imine (C=N–C) groups is 1. The van der Waals surface area contributed by atoms with Gasteiger partial charge in [-0.25, -0.2) is 13.8 Å². The molecule has 158 valence electrons. The third kappa shape index (κ3) is 4.53. The summed E-state index contributed by atoms with van der Waals surface area (Å²) in [6, 6.07) is 9.53. The standard InChI is InChI=1S/C22H26F2N6/c1-2-25-22(26-9-8-18-16-30-10-4-3-5-21(30)27-18)29-13-11-28(12-14-29)20-15-17(23)6-7-19(20)24/h3-7,10,15-16H,2,8-9,11-14H2,1H3,(H,25,26). The maximum Gasteiger partial charge on any atom is 0.194 e. The number of hydrogen-bond donors (Lipinski definition) is 1.